The monoisotopic (exact) mass is 243 g/mol. The van der Waals surface area contributed by atoms with E-state index in [1.165, 1.54) is 25.5 Å². The third-order valence-electron chi connectivity index (χ3n) is 2.37. The number of hydroxylamine groups is 1. The Morgan fingerprint density at radius 2 is 2.19 bits per heavy atom. The van der Waals surface area contributed by atoms with Crippen LogP contribution < -0.4 is 5.48 Å². The summed E-state index contributed by atoms with van der Waals surface area (Å²) >= 11 is 5.92. The molecule has 0 aromatic heterocycles. The van der Waals surface area contributed by atoms with Crippen LogP contribution in [0.1, 0.15) is 25.7 Å². The standard InChI is InChI=1S/C12H18ClNO2/c1-3-8-16-11(9-12(13)14-15-2)10-6-4-5-7-10/h3,9,14H,1,4-8H2,2H3/b12-9-. The van der Waals surface area contributed by atoms with Gasteiger partial charge in [-0.25, -0.2) is 0 Å². The minimum absolute atomic E-state index is 0.418. The van der Waals surface area contributed by atoms with Crippen molar-refractivity contribution in [3.05, 3.63) is 35.2 Å². The van der Waals surface area contributed by atoms with E-state index >= 15 is 0 Å². The molecule has 16 heavy (non-hydrogen) atoms. The summed E-state index contributed by atoms with van der Waals surface area (Å²) in [6, 6.07) is 0. The minimum Gasteiger partial charge on any atom is -0.489 e. The lowest BCUT2D eigenvalue weighted by Gasteiger charge is -2.09. The van der Waals surface area contributed by atoms with Gasteiger partial charge in [0, 0.05) is 6.08 Å². The van der Waals surface area contributed by atoms with Crippen molar-refractivity contribution in [2.75, 3.05) is 13.7 Å². The van der Waals surface area contributed by atoms with Crippen LogP contribution in [0.25, 0.3) is 0 Å². The molecular formula is C12H18ClNO2. The molecule has 1 rings (SSSR count). The molecule has 0 spiro atoms. The molecule has 4 heteroatoms. The van der Waals surface area contributed by atoms with Crippen LogP contribution in [-0.2, 0) is 9.57 Å². The van der Waals surface area contributed by atoms with Gasteiger partial charge in [-0.1, -0.05) is 24.3 Å². The molecule has 1 aliphatic carbocycles. The van der Waals surface area contributed by atoms with Gasteiger partial charge in [0.15, 0.2) is 0 Å². The summed E-state index contributed by atoms with van der Waals surface area (Å²) in [4.78, 5) is 4.72. The predicted molar refractivity (Wildman–Crippen MR) is 65.7 cm³/mol. The van der Waals surface area contributed by atoms with E-state index in [0.29, 0.717) is 11.8 Å². The highest BCUT2D eigenvalue weighted by Crippen LogP contribution is 2.28. The summed E-state index contributed by atoms with van der Waals surface area (Å²) in [5.74, 6) is 0.840. The Kier molecular flexibility index (Phi) is 6.04. The molecule has 0 saturated heterocycles. The topological polar surface area (TPSA) is 30.5 Å². The van der Waals surface area contributed by atoms with E-state index in [9.17, 15) is 0 Å². The van der Waals surface area contributed by atoms with Crippen LogP contribution in [-0.4, -0.2) is 13.7 Å². The van der Waals surface area contributed by atoms with Crippen LogP contribution in [0, 0.1) is 0 Å². The first-order chi connectivity index (χ1) is 7.77. The van der Waals surface area contributed by atoms with E-state index in [4.69, 9.17) is 21.2 Å². The molecule has 0 unspecified atom stereocenters. The number of nitrogens with one attached hydrogen (secondary N) is 1. The fraction of sp³-hybridized carbons (Fsp3) is 0.500. The van der Waals surface area contributed by atoms with Crippen LogP contribution in [0.3, 0.4) is 0 Å². The first-order valence-corrected chi connectivity index (χ1v) is 5.77. The van der Waals surface area contributed by atoms with E-state index in [1.54, 1.807) is 12.2 Å². The lowest BCUT2D eigenvalue weighted by atomic mass is 10.2. The molecule has 0 atom stereocenters. The van der Waals surface area contributed by atoms with Gasteiger partial charge in [0.25, 0.3) is 0 Å². The van der Waals surface area contributed by atoms with Gasteiger partial charge in [0.2, 0.25) is 0 Å². The molecule has 1 N–H and O–H groups in total. The van der Waals surface area contributed by atoms with Gasteiger partial charge in [-0.2, -0.15) is 0 Å². The van der Waals surface area contributed by atoms with Gasteiger partial charge >= 0.3 is 0 Å². The summed E-state index contributed by atoms with van der Waals surface area (Å²) in [7, 11) is 1.52. The Labute approximate surface area is 102 Å². The molecule has 0 aromatic carbocycles. The molecule has 1 aliphatic rings. The van der Waals surface area contributed by atoms with Crippen LogP contribution in [0.4, 0.5) is 0 Å². The minimum atomic E-state index is 0.418. The maximum atomic E-state index is 5.92. The van der Waals surface area contributed by atoms with Crippen LogP contribution in [0.5, 0.6) is 0 Å². The summed E-state index contributed by atoms with van der Waals surface area (Å²) in [6.45, 7) is 4.13. The summed E-state index contributed by atoms with van der Waals surface area (Å²) < 4.78 is 5.60. The largest absolute Gasteiger partial charge is 0.489 e. The molecule has 0 bridgehead atoms. The van der Waals surface area contributed by atoms with E-state index < -0.39 is 0 Å². The number of hydrogen-bond donors (Lipinski definition) is 1. The molecule has 0 heterocycles. The molecule has 0 aromatic rings. The Balaban J connectivity index is 2.74. The molecular weight excluding hydrogens is 226 g/mol. The zero-order valence-electron chi connectivity index (χ0n) is 9.59. The van der Waals surface area contributed by atoms with Gasteiger partial charge in [0.1, 0.15) is 17.5 Å². The van der Waals surface area contributed by atoms with Gasteiger partial charge in [-0.15, -0.1) is 0 Å². The number of ether oxygens (including phenoxy) is 1. The number of rotatable bonds is 6. The second-order valence-corrected chi connectivity index (χ2v) is 3.98. The fourth-order valence-corrected chi connectivity index (χ4v) is 1.86. The predicted octanol–water partition coefficient (Wildman–Crippen LogP) is 3.25. The first-order valence-electron chi connectivity index (χ1n) is 5.40. The smallest absolute Gasteiger partial charge is 0.130 e. The molecule has 0 amide bonds. The zero-order valence-corrected chi connectivity index (χ0v) is 10.3. The van der Waals surface area contributed by atoms with Crippen molar-refractivity contribution in [3.63, 3.8) is 0 Å². The lowest BCUT2D eigenvalue weighted by molar-refractivity contribution is 0.124. The highest BCUT2D eigenvalue weighted by atomic mass is 35.5. The molecule has 3 nitrogen and oxygen atoms in total. The highest BCUT2D eigenvalue weighted by Gasteiger charge is 2.12. The summed E-state index contributed by atoms with van der Waals surface area (Å²) in [5.41, 5.74) is 3.88. The second kappa shape index (κ2) is 7.36. The average Bonchev–Trinajstić information content (AvgIpc) is 2.77. The molecule has 0 radical (unpaired) electrons. The average molecular weight is 244 g/mol. The van der Waals surface area contributed by atoms with Crippen LogP contribution in [0.2, 0.25) is 0 Å². The molecule has 90 valence electrons. The zero-order chi connectivity index (χ0) is 11.8. The van der Waals surface area contributed by atoms with Gasteiger partial charge in [-0.3, -0.25) is 10.3 Å². The van der Waals surface area contributed by atoms with Crippen molar-refractivity contribution < 1.29 is 9.57 Å². The highest BCUT2D eigenvalue weighted by molar-refractivity contribution is 6.29. The summed E-state index contributed by atoms with van der Waals surface area (Å²) in [6.07, 6.45) is 8.09. The van der Waals surface area contributed by atoms with E-state index in [2.05, 4.69) is 12.1 Å². The van der Waals surface area contributed by atoms with Gasteiger partial charge in [0.05, 0.1) is 7.11 Å². The lowest BCUT2D eigenvalue weighted by Crippen LogP contribution is -2.07. The van der Waals surface area contributed by atoms with Crippen molar-refractivity contribution in [1.29, 1.82) is 0 Å². The third kappa shape index (κ3) is 4.29. The van der Waals surface area contributed by atoms with Crippen LogP contribution >= 0.6 is 11.6 Å². The maximum absolute atomic E-state index is 5.92. The quantitative estimate of drug-likeness (QED) is 0.336. The summed E-state index contributed by atoms with van der Waals surface area (Å²) in [5, 5.41) is 0.418. The van der Waals surface area contributed by atoms with Crippen molar-refractivity contribution in [1.82, 2.24) is 5.48 Å². The number of allylic oxidation sites excluding steroid dienone is 2. The van der Waals surface area contributed by atoms with Crippen LogP contribution in [0.15, 0.2) is 35.2 Å². The Bertz CT molecular complexity index is 289. The Hall–Kier alpha value is -0.930. The van der Waals surface area contributed by atoms with Crippen molar-refractivity contribution in [2.24, 2.45) is 0 Å². The van der Waals surface area contributed by atoms with Crippen molar-refractivity contribution in [3.8, 4) is 0 Å². The first kappa shape index (κ1) is 13.1. The number of halogens is 1. The molecule has 1 fully saturated rings. The normalized spacial score (nSPS) is 16.1. The maximum Gasteiger partial charge on any atom is 0.130 e. The third-order valence-corrected chi connectivity index (χ3v) is 2.56. The van der Waals surface area contributed by atoms with Gasteiger partial charge < -0.3 is 4.74 Å². The van der Waals surface area contributed by atoms with Crippen molar-refractivity contribution in [2.45, 2.75) is 25.7 Å². The fourth-order valence-electron chi connectivity index (χ4n) is 1.68. The van der Waals surface area contributed by atoms with E-state index in [0.717, 1.165) is 18.6 Å². The SMILES string of the molecule is C=CCOC(/C=C(/Cl)NOC)=C1CCCC1. The molecule has 0 aliphatic heterocycles. The Morgan fingerprint density at radius 3 is 2.75 bits per heavy atom. The van der Waals surface area contributed by atoms with E-state index in [1.807, 2.05) is 0 Å². The number of hydrogen-bond acceptors (Lipinski definition) is 3. The van der Waals surface area contributed by atoms with Crippen molar-refractivity contribution >= 4 is 11.6 Å². The second-order valence-electron chi connectivity index (χ2n) is 3.57. The van der Waals surface area contributed by atoms with E-state index in [-0.39, 0.29) is 0 Å². The Morgan fingerprint density at radius 1 is 1.50 bits per heavy atom. The van der Waals surface area contributed by atoms with Gasteiger partial charge in [-0.05, 0) is 31.3 Å². The molecule has 1 saturated carbocycles.